The molecule has 12 heteroatoms. The van der Waals surface area contributed by atoms with E-state index in [1.165, 1.54) is 12.1 Å². The first kappa shape index (κ1) is 27.3. The van der Waals surface area contributed by atoms with Crippen LogP contribution in [0.3, 0.4) is 0 Å². The lowest BCUT2D eigenvalue weighted by atomic mass is 10.0. The van der Waals surface area contributed by atoms with Crippen molar-refractivity contribution in [3.63, 3.8) is 0 Å². The average Bonchev–Trinajstić information content (AvgIpc) is 3.15. The summed E-state index contributed by atoms with van der Waals surface area (Å²) in [7, 11) is 0. The Bertz CT molecular complexity index is 1420. The number of nitriles is 1. The molecule has 0 radical (unpaired) electrons. The first-order valence-corrected chi connectivity index (χ1v) is 13.3. The molecular formula is C26H26FN5O4S2. The van der Waals surface area contributed by atoms with E-state index >= 15 is 0 Å². The second-order valence-electron chi connectivity index (χ2n) is 8.92. The number of aliphatic carboxylic acids is 1. The van der Waals surface area contributed by atoms with E-state index in [0.717, 1.165) is 22.3 Å². The summed E-state index contributed by atoms with van der Waals surface area (Å²) in [5.74, 6) is -1.40. The fourth-order valence-electron chi connectivity index (χ4n) is 4.65. The van der Waals surface area contributed by atoms with Crippen molar-refractivity contribution in [3.05, 3.63) is 62.0 Å². The summed E-state index contributed by atoms with van der Waals surface area (Å²) in [6, 6.07) is 8.32. The van der Waals surface area contributed by atoms with Gasteiger partial charge in [0.1, 0.15) is 34.1 Å². The zero-order valence-electron chi connectivity index (χ0n) is 20.9. The second-order valence-corrected chi connectivity index (χ2v) is 10.6. The van der Waals surface area contributed by atoms with E-state index in [9.17, 15) is 24.0 Å². The molecule has 1 amide bonds. The molecule has 1 aromatic heterocycles. The van der Waals surface area contributed by atoms with Gasteiger partial charge in [0.15, 0.2) is 0 Å². The molecule has 3 heterocycles. The molecule has 4 rings (SSSR count). The van der Waals surface area contributed by atoms with E-state index in [0.29, 0.717) is 56.1 Å². The van der Waals surface area contributed by atoms with Crippen molar-refractivity contribution >= 4 is 57.8 Å². The Morgan fingerprint density at radius 1 is 1.18 bits per heavy atom. The molecule has 0 bridgehead atoms. The number of hydrogen-bond acceptors (Lipinski definition) is 8. The van der Waals surface area contributed by atoms with Gasteiger partial charge in [0.05, 0.1) is 4.91 Å². The van der Waals surface area contributed by atoms with Crippen LogP contribution in [0.15, 0.2) is 34.0 Å². The number of nitrogens with zero attached hydrogens (tertiary/aromatic N) is 5. The van der Waals surface area contributed by atoms with Crippen molar-refractivity contribution < 1.29 is 19.1 Å². The highest BCUT2D eigenvalue weighted by atomic mass is 32.2. The van der Waals surface area contributed by atoms with Crippen LogP contribution in [0.4, 0.5) is 15.9 Å². The molecule has 2 saturated heterocycles. The molecule has 0 unspecified atom stereocenters. The summed E-state index contributed by atoms with van der Waals surface area (Å²) in [5, 5.41) is 19.0. The van der Waals surface area contributed by atoms with Gasteiger partial charge in [-0.2, -0.15) is 5.26 Å². The molecule has 2 aromatic rings. The molecule has 2 aliphatic rings. The highest BCUT2D eigenvalue weighted by molar-refractivity contribution is 8.26. The third-order valence-corrected chi connectivity index (χ3v) is 7.88. The van der Waals surface area contributed by atoms with Crippen molar-refractivity contribution in [2.45, 2.75) is 26.8 Å². The number of pyridine rings is 1. The molecule has 1 aromatic carbocycles. The molecule has 0 saturated carbocycles. The van der Waals surface area contributed by atoms with Gasteiger partial charge in [-0.15, -0.1) is 0 Å². The maximum absolute atomic E-state index is 13.4. The van der Waals surface area contributed by atoms with Crippen LogP contribution in [0.5, 0.6) is 0 Å². The molecule has 198 valence electrons. The lowest BCUT2D eigenvalue weighted by Crippen LogP contribution is -2.48. The van der Waals surface area contributed by atoms with Gasteiger partial charge in [0.25, 0.3) is 11.5 Å². The van der Waals surface area contributed by atoms with E-state index in [1.807, 2.05) is 13.0 Å². The molecule has 2 aliphatic heterocycles. The van der Waals surface area contributed by atoms with Gasteiger partial charge >= 0.3 is 5.97 Å². The number of carbonyl (C=O) groups is 2. The number of anilines is 2. The number of carboxylic acids is 1. The van der Waals surface area contributed by atoms with Crippen LogP contribution in [0.1, 0.15) is 30.0 Å². The molecule has 0 spiro atoms. The minimum Gasteiger partial charge on any atom is -0.480 e. The fraction of sp³-hybridized carbons (Fsp3) is 0.346. The molecule has 0 aliphatic carbocycles. The normalized spacial score (nSPS) is 16.9. The third kappa shape index (κ3) is 5.30. The van der Waals surface area contributed by atoms with E-state index < -0.39 is 24.0 Å². The first-order chi connectivity index (χ1) is 18.2. The molecule has 9 nitrogen and oxygen atoms in total. The number of amides is 1. The lowest BCUT2D eigenvalue weighted by molar-refractivity contribution is -0.140. The van der Waals surface area contributed by atoms with Crippen molar-refractivity contribution in [3.8, 4) is 6.07 Å². The Kier molecular flexibility index (Phi) is 8.18. The maximum atomic E-state index is 13.4. The Morgan fingerprint density at radius 2 is 1.82 bits per heavy atom. The summed E-state index contributed by atoms with van der Waals surface area (Å²) in [6.07, 6.45) is 2.27. The van der Waals surface area contributed by atoms with Gasteiger partial charge < -0.3 is 14.9 Å². The van der Waals surface area contributed by atoms with E-state index in [4.69, 9.17) is 17.3 Å². The average molecular weight is 556 g/mol. The third-order valence-electron chi connectivity index (χ3n) is 6.51. The smallest absolute Gasteiger partial charge is 0.323 e. The monoisotopic (exact) mass is 555 g/mol. The predicted molar refractivity (Wildman–Crippen MR) is 149 cm³/mol. The predicted octanol–water partition coefficient (Wildman–Crippen LogP) is 3.19. The number of benzene rings is 1. The standard InChI is InChI=1S/C26H26FN5O4S2/c1-3-8-31-23(30-11-9-29(10-12-30)18-6-4-17(27)5-7-18)19(16(2)20(14-28)24(31)35)13-21-25(36)32(15-22(33)34)26(37)38-21/h4-7,13H,3,8-12,15H2,1-2H3,(H,33,34)/b21-13-. The minimum absolute atomic E-state index is 0.000544. The van der Waals surface area contributed by atoms with Crippen LogP contribution in [0, 0.1) is 24.1 Å². The quantitative estimate of drug-likeness (QED) is 0.407. The number of hydrogen-bond donors (Lipinski definition) is 1. The summed E-state index contributed by atoms with van der Waals surface area (Å²) >= 11 is 6.24. The number of thioether (sulfide) groups is 1. The number of aromatic nitrogens is 1. The van der Waals surface area contributed by atoms with Crippen molar-refractivity contribution in [1.82, 2.24) is 9.47 Å². The number of rotatable bonds is 7. The number of carboxylic acid groups (broad SMARTS) is 1. The second kappa shape index (κ2) is 11.4. The Hall–Kier alpha value is -3.69. The van der Waals surface area contributed by atoms with Crippen LogP contribution >= 0.6 is 24.0 Å². The van der Waals surface area contributed by atoms with Gasteiger partial charge in [-0.25, -0.2) is 4.39 Å². The van der Waals surface area contributed by atoms with Gasteiger partial charge in [0.2, 0.25) is 0 Å². The summed E-state index contributed by atoms with van der Waals surface area (Å²) < 4.78 is 15.1. The summed E-state index contributed by atoms with van der Waals surface area (Å²) in [5.41, 5.74) is 1.51. The van der Waals surface area contributed by atoms with Crippen LogP contribution < -0.4 is 15.4 Å². The highest BCUT2D eigenvalue weighted by Gasteiger charge is 2.34. The van der Waals surface area contributed by atoms with Gasteiger partial charge in [-0.3, -0.25) is 23.9 Å². The van der Waals surface area contributed by atoms with Crippen molar-refractivity contribution in [2.24, 2.45) is 0 Å². The number of piperazine rings is 1. The number of carbonyl (C=O) groups excluding carboxylic acids is 1. The van der Waals surface area contributed by atoms with E-state index in [1.54, 1.807) is 29.7 Å². The van der Waals surface area contributed by atoms with Crippen LogP contribution in [0.2, 0.25) is 0 Å². The van der Waals surface area contributed by atoms with Crippen molar-refractivity contribution in [1.29, 1.82) is 5.26 Å². The Morgan fingerprint density at radius 3 is 2.39 bits per heavy atom. The highest BCUT2D eigenvalue weighted by Crippen LogP contribution is 2.36. The van der Waals surface area contributed by atoms with Gasteiger partial charge in [-0.05, 0) is 49.2 Å². The zero-order valence-corrected chi connectivity index (χ0v) is 22.6. The topological polar surface area (TPSA) is 110 Å². The SMILES string of the molecule is CCCn1c(N2CCN(c3ccc(F)cc3)CC2)c(/C=C2\SC(=S)N(CC(=O)O)C2=O)c(C)c(C#N)c1=O. The maximum Gasteiger partial charge on any atom is 0.323 e. The van der Waals surface area contributed by atoms with Crippen molar-refractivity contribution in [2.75, 3.05) is 42.5 Å². The van der Waals surface area contributed by atoms with Crippen LogP contribution in [-0.2, 0) is 16.1 Å². The lowest BCUT2D eigenvalue weighted by Gasteiger charge is -2.39. The molecule has 1 N–H and O–H groups in total. The molecule has 2 fully saturated rings. The summed E-state index contributed by atoms with van der Waals surface area (Å²) in [4.78, 5) is 43.0. The van der Waals surface area contributed by atoms with Crippen LogP contribution in [0.25, 0.3) is 6.08 Å². The number of thiocarbonyl (C=S) groups is 1. The Balaban J connectivity index is 1.78. The summed E-state index contributed by atoms with van der Waals surface area (Å²) in [6.45, 7) is 5.78. The minimum atomic E-state index is -1.18. The van der Waals surface area contributed by atoms with Gasteiger partial charge in [-0.1, -0.05) is 30.9 Å². The first-order valence-electron chi connectivity index (χ1n) is 12.1. The molecular weight excluding hydrogens is 529 g/mol. The Labute approximate surface area is 228 Å². The van der Waals surface area contributed by atoms with E-state index in [2.05, 4.69) is 9.80 Å². The van der Waals surface area contributed by atoms with Crippen LogP contribution in [-0.4, -0.2) is 63.5 Å². The fourth-order valence-corrected chi connectivity index (χ4v) is 5.88. The number of halogens is 1. The van der Waals surface area contributed by atoms with E-state index in [-0.39, 0.29) is 20.6 Å². The molecule has 0 atom stereocenters. The zero-order chi connectivity index (χ0) is 27.6. The molecule has 38 heavy (non-hydrogen) atoms. The van der Waals surface area contributed by atoms with Gasteiger partial charge in [0, 0.05) is 44.0 Å². The largest absolute Gasteiger partial charge is 0.480 e.